The van der Waals surface area contributed by atoms with E-state index in [9.17, 15) is 4.39 Å². The van der Waals surface area contributed by atoms with Crippen LogP contribution in [-0.4, -0.2) is 29.9 Å². The smallest absolute Gasteiger partial charge is 0.170 e. The summed E-state index contributed by atoms with van der Waals surface area (Å²) in [7, 11) is 0. The van der Waals surface area contributed by atoms with E-state index in [1.54, 1.807) is 12.4 Å². The summed E-state index contributed by atoms with van der Waals surface area (Å²) in [5.74, 6) is -0.219. The number of rotatable bonds is 4. The number of nitrogens with zero attached hydrogens (tertiary/aromatic N) is 1. The fraction of sp³-hybridized carbons (Fsp3) is 0.333. The Balaban J connectivity index is 1.68. The quantitative estimate of drug-likeness (QED) is 0.833. The molecule has 0 bridgehead atoms. The van der Waals surface area contributed by atoms with Crippen molar-refractivity contribution >= 4 is 23.0 Å². The highest BCUT2D eigenvalue weighted by Crippen LogP contribution is 2.34. The van der Waals surface area contributed by atoms with Crippen molar-refractivity contribution in [1.82, 2.24) is 10.3 Å². The standard InChI is InChI=1S/C18H20FN3OS/c19-15-3-1-14(2-4-15)18(7-11-23-12-8-18)13-21-17(24)22-16-5-9-20-10-6-16/h1-6,9-10H,7-8,11-13H2,(H2,20,21,22,24). The number of benzene rings is 1. The van der Waals surface area contributed by atoms with Crippen molar-refractivity contribution in [3.05, 3.63) is 60.2 Å². The number of anilines is 1. The number of thiocarbonyl (C=S) groups is 1. The Morgan fingerprint density at radius 3 is 2.46 bits per heavy atom. The highest BCUT2D eigenvalue weighted by molar-refractivity contribution is 7.80. The predicted molar refractivity (Wildman–Crippen MR) is 96.6 cm³/mol. The van der Waals surface area contributed by atoms with E-state index in [-0.39, 0.29) is 11.2 Å². The number of pyridine rings is 1. The van der Waals surface area contributed by atoms with E-state index in [1.807, 2.05) is 24.3 Å². The molecule has 6 heteroatoms. The Bertz CT molecular complexity index is 672. The van der Waals surface area contributed by atoms with Crippen molar-refractivity contribution in [3.63, 3.8) is 0 Å². The van der Waals surface area contributed by atoms with E-state index < -0.39 is 0 Å². The zero-order chi connectivity index (χ0) is 16.8. The van der Waals surface area contributed by atoms with Gasteiger partial charge in [0, 0.05) is 43.3 Å². The van der Waals surface area contributed by atoms with Gasteiger partial charge in [0.25, 0.3) is 0 Å². The highest BCUT2D eigenvalue weighted by atomic mass is 32.1. The van der Waals surface area contributed by atoms with Gasteiger partial charge in [-0.3, -0.25) is 4.98 Å². The minimum atomic E-state index is -0.219. The van der Waals surface area contributed by atoms with Gasteiger partial charge in [-0.2, -0.15) is 0 Å². The summed E-state index contributed by atoms with van der Waals surface area (Å²) in [5.41, 5.74) is 1.91. The van der Waals surface area contributed by atoms with Gasteiger partial charge in [-0.25, -0.2) is 4.39 Å². The number of ether oxygens (including phenoxy) is 1. The minimum absolute atomic E-state index is 0.101. The summed E-state index contributed by atoms with van der Waals surface area (Å²) >= 11 is 5.39. The summed E-state index contributed by atoms with van der Waals surface area (Å²) in [5, 5.41) is 7.02. The Morgan fingerprint density at radius 2 is 1.79 bits per heavy atom. The van der Waals surface area contributed by atoms with Crippen LogP contribution in [0, 0.1) is 5.82 Å². The van der Waals surface area contributed by atoms with Crippen LogP contribution in [0.25, 0.3) is 0 Å². The van der Waals surface area contributed by atoms with E-state index in [0.29, 0.717) is 24.9 Å². The van der Waals surface area contributed by atoms with E-state index in [4.69, 9.17) is 17.0 Å². The van der Waals surface area contributed by atoms with Crippen LogP contribution in [-0.2, 0) is 10.2 Å². The second-order valence-corrected chi connectivity index (χ2v) is 6.35. The lowest BCUT2D eigenvalue weighted by molar-refractivity contribution is 0.0515. The number of hydrogen-bond donors (Lipinski definition) is 2. The SMILES string of the molecule is Fc1ccc(C2(CNC(=S)Nc3ccncc3)CCOCC2)cc1. The lowest BCUT2D eigenvalue weighted by atomic mass is 9.74. The van der Waals surface area contributed by atoms with Crippen LogP contribution < -0.4 is 10.6 Å². The normalized spacial score (nSPS) is 16.4. The van der Waals surface area contributed by atoms with Gasteiger partial charge in [0.15, 0.2) is 5.11 Å². The summed E-state index contributed by atoms with van der Waals surface area (Å²) in [6.45, 7) is 2.08. The van der Waals surface area contributed by atoms with Gasteiger partial charge in [-0.1, -0.05) is 12.1 Å². The van der Waals surface area contributed by atoms with E-state index in [2.05, 4.69) is 15.6 Å². The molecule has 0 radical (unpaired) electrons. The average molecular weight is 345 g/mol. The molecule has 0 unspecified atom stereocenters. The molecule has 0 atom stereocenters. The van der Waals surface area contributed by atoms with Crippen molar-refractivity contribution in [3.8, 4) is 0 Å². The number of aromatic nitrogens is 1. The van der Waals surface area contributed by atoms with Crippen molar-refractivity contribution < 1.29 is 9.13 Å². The third-order valence-corrected chi connectivity index (χ3v) is 4.68. The first-order valence-electron chi connectivity index (χ1n) is 7.97. The molecule has 1 aromatic carbocycles. The Morgan fingerprint density at radius 1 is 1.12 bits per heavy atom. The second-order valence-electron chi connectivity index (χ2n) is 5.94. The van der Waals surface area contributed by atoms with Crippen molar-refractivity contribution in [2.45, 2.75) is 18.3 Å². The van der Waals surface area contributed by atoms with Crippen molar-refractivity contribution in [2.75, 3.05) is 25.1 Å². The van der Waals surface area contributed by atoms with Crippen LogP contribution in [0.2, 0.25) is 0 Å². The largest absolute Gasteiger partial charge is 0.381 e. The number of nitrogens with one attached hydrogen (secondary N) is 2. The number of halogens is 1. The molecule has 0 amide bonds. The molecule has 126 valence electrons. The Labute approximate surface area is 146 Å². The van der Waals surface area contributed by atoms with E-state index >= 15 is 0 Å². The monoisotopic (exact) mass is 345 g/mol. The lowest BCUT2D eigenvalue weighted by Gasteiger charge is -2.38. The fourth-order valence-corrected chi connectivity index (χ4v) is 3.18. The highest BCUT2D eigenvalue weighted by Gasteiger charge is 2.34. The molecule has 1 saturated heterocycles. The summed E-state index contributed by atoms with van der Waals surface area (Å²) in [6, 6.07) is 10.5. The molecule has 1 aliphatic heterocycles. The van der Waals surface area contributed by atoms with Crippen LogP contribution in [0.5, 0.6) is 0 Å². The third-order valence-electron chi connectivity index (χ3n) is 4.43. The van der Waals surface area contributed by atoms with Gasteiger partial charge in [-0.05, 0) is 54.9 Å². The predicted octanol–water partition coefficient (Wildman–Crippen LogP) is 3.26. The second kappa shape index (κ2) is 7.68. The van der Waals surface area contributed by atoms with Crippen molar-refractivity contribution in [2.24, 2.45) is 0 Å². The van der Waals surface area contributed by atoms with Crippen LogP contribution in [0.15, 0.2) is 48.8 Å². The Hall–Kier alpha value is -2.05. The first-order valence-corrected chi connectivity index (χ1v) is 8.37. The molecule has 1 fully saturated rings. The topological polar surface area (TPSA) is 46.2 Å². The van der Waals surface area contributed by atoms with Gasteiger partial charge in [0.2, 0.25) is 0 Å². The van der Waals surface area contributed by atoms with Gasteiger partial charge in [-0.15, -0.1) is 0 Å². The van der Waals surface area contributed by atoms with Gasteiger partial charge >= 0.3 is 0 Å². The molecule has 4 nitrogen and oxygen atoms in total. The maximum absolute atomic E-state index is 13.3. The van der Waals surface area contributed by atoms with Gasteiger partial charge in [0.1, 0.15) is 5.82 Å². The zero-order valence-electron chi connectivity index (χ0n) is 13.3. The van der Waals surface area contributed by atoms with E-state index in [0.717, 1.165) is 24.1 Å². The molecule has 0 saturated carbocycles. The molecule has 2 N–H and O–H groups in total. The third kappa shape index (κ3) is 4.07. The molecule has 1 aromatic heterocycles. The summed E-state index contributed by atoms with van der Waals surface area (Å²) in [6.07, 6.45) is 5.18. The molecule has 0 aliphatic carbocycles. The van der Waals surface area contributed by atoms with Crippen LogP contribution in [0.1, 0.15) is 18.4 Å². The minimum Gasteiger partial charge on any atom is -0.381 e. The number of hydrogen-bond acceptors (Lipinski definition) is 3. The first-order chi connectivity index (χ1) is 11.7. The lowest BCUT2D eigenvalue weighted by Crippen LogP contribution is -2.45. The first kappa shape index (κ1) is 16.8. The molecule has 1 aliphatic rings. The average Bonchev–Trinajstić information content (AvgIpc) is 2.62. The molecule has 2 aromatic rings. The van der Waals surface area contributed by atoms with Crippen LogP contribution in [0.4, 0.5) is 10.1 Å². The maximum atomic E-state index is 13.3. The maximum Gasteiger partial charge on any atom is 0.170 e. The van der Waals surface area contributed by atoms with Gasteiger partial charge in [0.05, 0.1) is 0 Å². The fourth-order valence-electron chi connectivity index (χ4n) is 2.99. The Kier molecular flexibility index (Phi) is 5.37. The van der Waals surface area contributed by atoms with E-state index in [1.165, 1.54) is 12.1 Å². The molecule has 0 spiro atoms. The van der Waals surface area contributed by atoms with Crippen molar-refractivity contribution in [1.29, 1.82) is 0 Å². The van der Waals surface area contributed by atoms with Gasteiger partial charge < -0.3 is 15.4 Å². The zero-order valence-corrected chi connectivity index (χ0v) is 14.1. The van der Waals surface area contributed by atoms with Crippen LogP contribution >= 0.6 is 12.2 Å². The molecule has 24 heavy (non-hydrogen) atoms. The summed E-state index contributed by atoms with van der Waals surface area (Å²) in [4.78, 5) is 3.98. The molecule has 3 rings (SSSR count). The summed E-state index contributed by atoms with van der Waals surface area (Å²) < 4.78 is 18.8. The molecular weight excluding hydrogens is 325 g/mol. The molecular formula is C18H20FN3OS. The molecule has 2 heterocycles. The van der Waals surface area contributed by atoms with Crippen LogP contribution in [0.3, 0.4) is 0 Å².